The molecule has 1 heterocycles. The van der Waals surface area contributed by atoms with Crippen LogP contribution in [0.4, 0.5) is 11.4 Å². The zero-order valence-corrected chi connectivity index (χ0v) is 14.7. The lowest BCUT2D eigenvalue weighted by Gasteiger charge is -2.07. The van der Waals surface area contributed by atoms with Crippen molar-refractivity contribution < 1.29 is 14.5 Å². The van der Waals surface area contributed by atoms with Gasteiger partial charge in [-0.2, -0.15) is 0 Å². The van der Waals surface area contributed by atoms with E-state index in [-0.39, 0.29) is 11.3 Å². The van der Waals surface area contributed by atoms with Crippen LogP contribution in [-0.4, -0.2) is 29.5 Å². The van der Waals surface area contributed by atoms with E-state index in [1.165, 1.54) is 42.7 Å². The minimum absolute atomic E-state index is 0.0535. The van der Waals surface area contributed by atoms with Crippen LogP contribution in [-0.2, 0) is 24.0 Å². The molecule has 0 atom stereocenters. The number of hydrogen-bond acceptors (Lipinski definition) is 7. The number of aryl methyl sites for hydroxylation is 2. The van der Waals surface area contributed by atoms with Crippen molar-refractivity contribution in [3.8, 4) is 0 Å². The molecule has 0 spiro atoms. The van der Waals surface area contributed by atoms with Crippen molar-refractivity contribution in [3.63, 3.8) is 0 Å². The Labute approximate surface area is 149 Å². The van der Waals surface area contributed by atoms with E-state index in [1.807, 2.05) is 0 Å². The molecule has 132 valence electrons. The van der Waals surface area contributed by atoms with E-state index in [0.29, 0.717) is 12.2 Å². The zero-order valence-electron chi connectivity index (χ0n) is 13.9. The Morgan fingerprint density at radius 2 is 2.20 bits per heavy atom. The van der Waals surface area contributed by atoms with Gasteiger partial charge in [0.05, 0.1) is 22.7 Å². The van der Waals surface area contributed by atoms with Gasteiger partial charge < -0.3 is 10.1 Å². The molecule has 0 saturated carbocycles. The van der Waals surface area contributed by atoms with Crippen molar-refractivity contribution in [3.05, 3.63) is 49.5 Å². The highest BCUT2D eigenvalue weighted by Gasteiger charge is 2.21. The smallest absolute Gasteiger partial charge is 0.344 e. The van der Waals surface area contributed by atoms with E-state index in [2.05, 4.69) is 10.1 Å². The molecule has 25 heavy (non-hydrogen) atoms. The first kappa shape index (κ1) is 17.3. The molecule has 7 nitrogen and oxygen atoms in total. The van der Waals surface area contributed by atoms with Crippen molar-refractivity contribution in [2.75, 3.05) is 19.0 Å². The predicted molar refractivity (Wildman–Crippen MR) is 95.4 cm³/mol. The average Bonchev–Trinajstić information content (AvgIpc) is 3.03. The number of carbonyl (C=O) groups is 1. The topological polar surface area (TPSA) is 94.4 Å². The third-order valence-electron chi connectivity index (χ3n) is 4.16. The molecule has 0 unspecified atom stereocenters. The number of methoxy groups -OCH3 is 1. The first-order valence-electron chi connectivity index (χ1n) is 8.16. The number of anilines is 1. The molecule has 0 radical (unpaired) electrons. The van der Waals surface area contributed by atoms with Crippen LogP contribution in [0.3, 0.4) is 0 Å². The molecule has 0 fully saturated rings. The Kier molecular flexibility index (Phi) is 5.28. The quantitative estimate of drug-likeness (QED) is 0.481. The number of carbonyl (C=O) groups excluding carboxylic acids is 1. The molecule has 0 saturated heterocycles. The van der Waals surface area contributed by atoms with Crippen LogP contribution >= 0.6 is 11.3 Å². The van der Waals surface area contributed by atoms with Crippen molar-refractivity contribution in [2.24, 2.45) is 0 Å². The van der Waals surface area contributed by atoms with E-state index >= 15 is 0 Å². The summed E-state index contributed by atoms with van der Waals surface area (Å²) in [5.41, 5.74) is 1.58. The number of fused-ring (bicyclic) bond motifs is 1. The number of thiazole rings is 1. The molecule has 1 aliphatic carbocycles. The van der Waals surface area contributed by atoms with Gasteiger partial charge >= 0.3 is 5.97 Å². The van der Waals surface area contributed by atoms with E-state index in [9.17, 15) is 14.9 Å². The summed E-state index contributed by atoms with van der Waals surface area (Å²) in [5, 5.41) is 15.3. The highest BCUT2D eigenvalue weighted by Crippen LogP contribution is 2.27. The van der Waals surface area contributed by atoms with Gasteiger partial charge in [-0.3, -0.25) is 10.1 Å². The van der Waals surface area contributed by atoms with Crippen LogP contribution in [0.5, 0.6) is 0 Å². The molecular weight excluding hydrogens is 342 g/mol. The van der Waals surface area contributed by atoms with Gasteiger partial charge in [0, 0.05) is 29.6 Å². The summed E-state index contributed by atoms with van der Waals surface area (Å²) in [4.78, 5) is 28.3. The van der Waals surface area contributed by atoms with Gasteiger partial charge in [-0.1, -0.05) is 0 Å². The highest BCUT2D eigenvalue weighted by molar-refractivity contribution is 7.11. The van der Waals surface area contributed by atoms with Crippen LogP contribution in [0.1, 0.15) is 38.8 Å². The Morgan fingerprint density at radius 3 is 2.92 bits per heavy atom. The molecule has 0 amide bonds. The van der Waals surface area contributed by atoms with Gasteiger partial charge in [-0.25, -0.2) is 9.78 Å². The lowest BCUT2D eigenvalue weighted by Crippen LogP contribution is -2.09. The second-order valence-corrected chi connectivity index (χ2v) is 7.01. The minimum atomic E-state index is -0.719. The second-order valence-electron chi connectivity index (χ2n) is 5.84. The lowest BCUT2D eigenvalue weighted by molar-refractivity contribution is -0.385. The Morgan fingerprint density at radius 1 is 1.40 bits per heavy atom. The number of hydrogen-bond donors (Lipinski definition) is 1. The zero-order chi connectivity index (χ0) is 17.8. The fraction of sp³-hybridized carbons (Fsp3) is 0.412. The van der Waals surface area contributed by atoms with Crippen LogP contribution in [0.15, 0.2) is 18.2 Å². The standard InChI is InChI=1S/C17H19N3O4S/c1-24-17(21)12-10-11(6-7-14(12)20(22)23)18-9-8-16-19-13-4-2-3-5-15(13)25-16/h6-7,10,18H,2-5,8-9H2,1H3. The third-order valence-corrected chi connectivity index (χ3v) is 5.37. The molecule has 8 heteroatoms. The van der Waals surface area contributed by atoms with Gasteiger partial charge in [0.25, 0.3) is 5.69 Å². The maximum Gasteiger partial charge on any atom is 0.344 e. The van der Waals surface area contributed by atoms with E-state index in [4.69, 9.17) is 4.98 Å². The number of nitro groups is 1. The summed E-state index contributed by atoms with van der Waals surface area (Å²) in [7, 11) is 1.20. The van der Waals surface area contributed by atoms with Crippen molar-refractivity contribution >= 4 is 28.7 Å². The van der Waals surface area contributed by atoms with Crippen LogP contribution in [0.2, 0.25) is 0 Å². The van der Waals surface area contributed by atoms with Crippen LogP contribution in [0.25, 0.3) is 0 Å². The number of benzene rings is 1. The SMILES string of the molecule is COC(=O)c1cc(NCCc2nc3c(s2)CCCC3)ccc1[N+](=O)[O-]. The summed E-state index contributed by atoms with van der Waals surface area (Å²) in [5.74, 6) is -0.719. The largest absolute Gasteiger partial charge is 0.465 e. The summed E-state index contributed by atoms with van der Waals surface area (Å²) >= 11 is 1.77. The summed E-state index contributed by atoms with van der Waals surface area (Å²) in [6.45, 7) is 0.644. The molecule has 0 bridgehead atoms. The van der Waals surface area contributed by atoms with Crippen LogP contribution in [0, 0.1) is 10.1 Å². The van der Waals surface area contributed by atoms with Gasteiger partial charge in [0.15, 0.2) is 0 Å². The molecule has 1 aromatic heterocycles. The van der Waals surface area contributed by atoms with Gasteiger partial charge in [0.1, 0.15) is 5.56 Å². The van der Waals surface area contributed by atoms with Gasteiger partial charge in [0.2, 0.25) is 0 Å². The molecule has 1 aliphatic rings. The number of nitro benzene ring substituents is 1. The number of rotatable bonds is 6. The maximum absolute atomic E-state index is 11.7. The van der Waals surface area contributed by atoms with Gasteiger partial charge in [-0.05, 0) is 37.8 Å². The Hall–Kier alpha value is -2.48. The van der Waals surface area contributed by atoms with Gasteiger partial charge in [-0.15, -0.1) is 11.3 Å². The summed E-state index contributed by atoms with van der Waals surface area (Å²) in [6, 6.07) is 4.37. The Bertz CT molecular complexity index is 780. The lowest BCUT2D eigenvalue weighted by atomic mass is 10.0. The normalized spacial score (nSPS) is 13.2. The van der Waals surface area contributed by atoms with E-state index in [0.717, 1.165) is 24.3 Å². The van der Waals surface area contributed by atoms with E-state index < -0.39 is 10.9 Å². The molecule has 0 aliphatic heterocycles. The molecule has 2 aromatic rings. The number of nitrogens with one attached hydrogen (secondary N) is 1. The monoisotopic (exact) mass is 361 g/mol. The molecular formula is C17H19N3O4S. The van der Waals surface area contributed by atoms with Crippen molar-refractivity contribution in [1.82, 2.24) is 4.98 Å². The molecule has 3 rings (SSSR count). The number of nitrogens with zero attached hydrogens (tertiary/aromatic N) is 2. The van der Waals surface area contributed by atoms with Crippen molar-refractivity contribution in [2.45, 2.75) is 32.1 Å². The summed E-state index contributed by atoms with van der Waals surface area (Å²) in [6.07, 6.45) is 5.44. The predicted octanol–water partition coefficient (Wildman–Crippen LogP) is 3.37. The maximum atomic E-state index is 11.7. The Balaban J connectivity index is 1.65. The fourth-order valence-corrected chi connectivity index (χ4v) is 4.06. The van der Waals surface area contributed by atoms with Crippen molar-refractivity contribution in [1.29, 1.82) is 0 Å². The van der Waals surface area contributed by atoms with Crippen LogP contribution < -0.4 is 5.32 Å². The highest BCUT2D eigenvalue weighted by atomic mass is 32.1. The number of ether oxygens (including phenoxy) is 1. The second kappa shape index (κ2) is 7.60. The fourth-order valence-electron chi connectivity index (χ4n) is 2.90. The molecule has 1 N–H and O–H groups in total. The third kappa shape index (κ3) is 3.96. The minimum Gasteiger partial charge on any atom is -0.465 e. The number of aromatic nitrogens is 1. The first-order valence-corrected chi connectivity index (χ1v) is 8.98. The average molecular weight is 361 g/mol. The van der Waals surface area contributed by atoms with E-state index in [1.54, 1.807) is 17.4 Å². The summed E-state index contributed by atoms with van der Waals surface area (Å²) < 4.78 is 4.62. The molecule has 1 aromatic carbocycles. The number of esters is 1. The first-order chi connectivity index (χ1) is 12.1.